The van der Waals surface area contributed by atoms with Crippen LogP contribution in [0, 0.1) is 0 Å². The van der Waals surface area contributed by atoms with Gasteiger partial charge in [-0.3, -0.25) is 9.59 Å². The summed E-state index contributed by atoms with van der Waals surface area (Å²) >= 11 is 0. The first kappa shape index (κ1) is 21.4. The van der Waals surface area contributed by atoms with Crippen LogP contribution in [0.1, 0.15) is 43.2 Å². The molecule has 0 radical (unpaired) electrons. The molecule has 1 saturated carbocycles. The standard InChI is InChI=1S/C21H25F3N2O3/c1-29-10-9-26-18-8-3-2-7-16(18)17(20(26)28)12-19(27)25-13-14-5-4-6-15(11-14)21(22,23)24/h4-6,11,18H,2-3,7-10,12-13H2,1H3,(H,25,27). The van der Waals surface area contributed by atoms with Gasteiger partial charge >= 0.3 is 6.18 Å². The summed E-state index contributed by atoms with van der Waals surface area (Å²) in [5.74, 6) is -0.491. The highest BCUT2D eigenvalue weighted by Gasteiger charge is 2.40. The predicted octanol–water partition coefficient (Wildman–Crippen LogP) is 3.44. The molecular weight excluding hydrogens is 385 g/mol. The third-order valence-corrected chi connectivity index (χ3v) is 5.48. The van der Waals surface area contributed by atoms with Crippen LogP contribution >= 0.6 is 0 Å². The Morgan fingerprint density at radius 2 is 2.10 bits per heavy atom. The van der Waals surface area contributed by atoms with E-state index < -0.39 is 11.7 Å². The zero-order chi connectivity index (χ0) is 21.0. The van der Waals surface area contributed by atoms with Gasteiger partial charge in [0.1, 0.15) is 0 Å². The van der Waals surface area contributed by atoms with Crippen molar-refractivity contribution in [3.63, 3.8) is 0 Å². The summed E-state index contributed by atoms with van der Waals surface area (Å²) < 4.78 is 43.6. The van der Waals surface area contributed by atoms with Gasteiger partial charge in [-0.1, -0.05) is 18.6 Å². The lowest BCUT2D eigenvalue weighted by Gasteiger charge is -2.29. The molecule has 1 heterocycles. The topological polar surface area (TPSA) is 58.6 Å². The Bertz CT molecular complexity index is 805. The average Bonchev–Trinajstić information content (AvgIpc) is 2.96. The molecule has 29 heavy (non-hydrogen) atoms. The number of methoxy groups -OCH3 is 1. The highest BCUT2D eigenvalue weighted by Crippen LogP contribution is 2.37. The number of hydrogen-bond acceptors (Lipinski definition) is 3. The lowest BCUT2D eigenvalue weighted by Crippen LogP contribution is -2.39. The van der Waals surface area contributed by atoms with Gasteiger partial charge in [0.25, 0.3) is 5.91 Å². The van der Waals surface area contributed by atoms with Crippen molar-refractivity contribution >= 4 is 11.8 Å². The van der Waals surface area contributed by atoms with Gasteiger partial charge in [0, 0.05) is 25.8 Å². The molecule has 0 bridgehead atoms. The van der Waals surface area contributed by atoms with Crippen LogP contribution in [-0.4, -0.2) is 43.0 Å². The molecule has 2 amide bonds. The molecule has 1 aromatic rings. The van der Waals surface area contributed by atoms with Gasteiger partial charge in [0.2, 0.25) is 5.91 Å². The molecule has 158 valence electrons. The molecular formula is C21H25F3N2O3. The molecule has 3 rings (SSSR count). The Labute approximate surface area is 167 Å². The summed E-state index contributed by atoms with van der Waals surface area (Å²) in [6.07, 6.45) is -0.750. The van der Waals surface area contributed by atoms with E-state index in [4.69, 9.17) is 4.74 Å². The fourth-order valence-corrected chi connectivity index (χ4v) is 4.06. The van der Waals surface area contributed by atoms with E-state index in [9.17, 15) is 22.8 Å². The second-order valence-corrected chi connectivity index (χ2v) is 7.41. The van der Waals surface area contributed by atoms with E-state index in [-0.39, 0.29) is 30.8 Å². The van der Waals surface area contributed by atoms with Gasteiger partial charge in [0.05, 0.1) is 24.6 Å². The van der Waals surface area contributed by atoms with Crippen molar-refractivity contribution in [3.8, 4) is 0 Å². The zero-order valence-electron chi connectivity index (χ0n) is 16.3. The Hall–Kier alpha value is -2.35. The van der Waals surface area contributed by atoms with Crippen molar-refractivity contribution < 1.29 is 27.5 Å². The van der Waals surface area contributed by atoms with Crippen molar-refractivity contribution in [2.75, 3.05) is 20.3 Å². The lowest BCUT2D eigenvalue weighted by molar-refractivity contribution is -0.137. The van der Waals surface area contributed by atoms with Gasteiger partial charge in [-0.05, 0) is 42.5 Å². The number of nitrogens with one attached hydrogen (secondary N) is 1. The Balaban J connectivity index is 1.64. The average molecular weight is 410 g/mol. The molecule has 8 heteroatoms. The number of carbonyl (C=O) groups is 2. The Morgan fingerprint density at radius 3 is 2.83 bits per heavy atom. The third kappa shape index (κ3) is 4.98. The molecule has 0 aromatic heterocycles. The number of halogens is 3. The smallest absolute Gasteiger partial charge is 0.383 e. The van der Waals surface area contributed by atoms with Crippen LogP contribution in [0.4, 0.5) is 13.2 Å². The summed E-state index contributed by atoms with van der Waals surface area (Å²) in [4.78, 5) is 27.1. The minimum absolute atomic E-state index is 0.0175. The number of nitrogens with zero attached hydrogens (tertiary/aromatic N) is 1. The summed E-state index contributed by atoms with van der Waals surface area (Å²) in [7, 11) is 1.58. The fourth-order valence-electron chi connectivity index (χ4n) is 4.06. The van der Waals surface area contributed by atoms with Crippen LogP contribution in [-0.2, 0) is 27.0 Å². The number of alkyl halides is 3. The minimum Gasteiger partial charge on any atom is -0.383 e. The monoisotopic (exact) mass is 410 g/mol. The molecule has 1 fully saturated rings. The summed E-state index contributed by atoms with van der Waals surface area (Å²) in [6, 6.07) is 4.90. The van der Waals surface area contributed by atoms with Gasteiger partial charge in [-0.15, -0.1) is 0 Å². The maximum atomic E-state index is 12.9. The fraction of sp³-hybridized carbons (Fsp3) is 0.524. The summed E-state index contributed by atoms with van der Waals surface area (Å²) in [5.41, 5.74) is 1.18. The molecule has 0 spiro atoms. The van der Waals surface area contributed by atoms with E-state index in [2.05, 4.69) is 5.32 Å². The van der Waals surface area contributed by atoms with Gasteiger partial charge < -0.3 is 15.0 Å². The van der Waals surface area contributed by atoms with Crippen molar-refractivity contribution in [1.29, 1.82) is 0 Å². The van der Waals surface area contributed by atoms with E-state index >= 15 is 0 Å². The van der Waals surface area contributed by atoms with Gasteiger partial charge in [-0.25, -0.2) is 0 Å². The number of carbonyl (C=O) groups excluding carboxylic acids is 2. The lowest BCUT2D eigenvalue weighted by atomic mass is 9.88. The van der Waals surface area contributed by atoms with Crippen LogP contribution in [0.2, 0.25) is 0 Å². The largest absolute Gasteiger partial charge is 0.416 e. The molecule has 1 aromatic carbocycles. The molecule has 1 aliphatic heterocycles. The first-order valence-corrected chi connectivity index (χ1v) is 9.76. The van der Waals surface area contributed by atoms with Gasteiger partial charge in [-0.2, -0.15) is 13.2 Å². The van der Waals surface area contributed by atoms with E-state index in [0.717, 1.165) is 43.4 Å². The highest BCUT2D eigenvalue weighted by atomic mass is 19.4. The Morgan fingerprint density at radius 1 is 1.31 bits per heavy atom. The molecule has 2 aliphatic rings. The first-order valence-electron chi connectivity index (χ1n) is 9.76. The molecule has 0 saturated heterocycles. The number of hydrogen-bond donors (Lipinski definition) is 1. The number of fused-ring (bicyclic) bond motifs is 1. The molecule has 1 aliphatic carbocycles. The van der Waals surface area contributed by atoms with Crippen molar-refractivity contribution in [3.05, 3.63) is 46.5 Å². The number of rotatable bonds is 7. The zero-order valence-corrected chi connectivity index (χ0v) is 16.3. The number of amides is 2. The van der Waals surface area contributed by atoms with E-state index in [1.807, 2.05) is 0 Å². The van der Waals surface area contributed by atoms with E-state index in [0.29, 0.717) is 24.3 Å². The number of ether oxygens (including phenoxy) is 1. The van der Waals surface area contributed by atoms with Crippen molar-refractivity contribution in [2.24, 2.45) is 0 Å². The SMILES string of the molecule is COCCN1C(=O)C(CC(=O)NCc2cccc(C(F)(F)F)c2)=C2CCCCC21. The van der Waals surface area contributed by atoms with Gasteiger partial charge in [0.15, 0.2) is 0 Å². The maximum Gasteiger partial charge on any atom is 0.416 e. The van der Waals surface area contributed by atoms with E-state index in [1.165, 1.54) is 12.1 Å². The normalized spacial score (nSPS) is 19.5. The molecule has 1 unspecified atom stereocenters. The highest BCUT2D eigenvalue weighted by molar-refractivity contribution is 6.02. The van der Waals surface area contributed by atoms with Crippen LogP contribution in [0.15, 0.2) is 35.4 Å². The van der Waals surface area contributed by atoms with Crippen LogP contribution < -0.4 is 5.32 Å². The van der Waals surface area contributed by atoms with Crippen LogP contribution in [0.25, 0.3) is 0 Å². The molecule has 1 N–H and O–H groups in total. The summed E-state index contributed by atoms with van der Waals surface area (Å²) in [6.45, 7) is 0.903. The first-order chi connectivity index (χ1) is 13.8. The van der Waals surface area contributed by atoms with Crippen LogP contribution in [0.5, 0.6) is 0 Å². The molecule has 5 nitrogen and oxygen atoms in total. The second-order valence-electron chi connectivity index (χ2n) is 7.41. The predicted molar refractivity (Wildman–Crippen MR) is 101 cm³/mol. The maximum absolute atomic E-state index is 12.9. The van der Waals surface area contributed by atoms with Crippen molar-refractivity contribution in [2.45, 2.75) is 50.9 Å². The second kappa shape index (κ2) is 8.98. The summed E-state index contributed by atoms with van der Waals surface area (Å²) in [5, 5.41) is 2.64. The molecule has 1 atom stereocenters. The van der Waals surface area contributed by atoms with Crippen LogP contribution in [0.3, 0.4) is 0 Å². The Kier molecular flexibility index (Phi) is 6.62. The quantitative estimate of drug-likeness (QED) is 0.749. The number of benzene rings is 1. The van der Waals surface area contributed by atoms with Crippen molar-refractivity contribution in [1.82, 2.24) is 10.2 Å². The minimum atomic E-state index is -4.43. The van der Waals surface area contributed by atoms with E-state index in [1.54, 1.807) is 12.0 Å². The third-order valence-electron chi connectivity index (χ3n) is 5.48.